The molecular formula is C16H18N4. The maximum Gasteiger partial charge on any atom is 0.160 e. The third-order valence-electron chi connectivity index (χ3n) is 4.21. The Morgan fingerprint density at radius 3 is 2.95 bits per heavy atom. The van der Waals surface area contributed by atoms with Crippen LogP contribution in [0.25, 0.3) is 11.4 Å². The van der Waals surface area contributed by atoms with Gasteiger partial charge in [-0.3, -0.25) is 4.98 Å². The summed E-state index contributed by atoms with van der Waals surface area (Å²) in [6.45, 7) is 3.95. The molecule has 0 amide bonds. The average Bonchev–Trinajstić information content (AvgIpc) is 3.23. The van der Waals surface area contributed by atoms with Crippen molar-refractivity contribution in [3.05, 3.63) is 41.0 Å². The largest absolute Gasteiger partial charge is 0.307 e. The molecule has 2 aliphatic rings. The van der Waals surface area contributed by atoms with Crippen LogP contribution in [0.2, 0.25) is 0 Å². The first-order valence-electron chi connectivity index (χ1n) is 7.40. The zero-order valence-electron chi connectivity index (χ0n) is 11.7. The maximum atomic E-state index is 4.91. The van der Waals surface area contributed by atoms with E-state index >= 15 is 0 Å². The molecule has 0 radical (unpaired) electrons. The summed E-state index contributed by atoms with van der Waals surface area (Å²) in [6, 6.07) is 2.04. The van der Waals surface area contributed by atoms with Crippen LogP contribution in [0.4, 0.5) is 0 Å². The van der Waals surface area contributed by atoms with E-state index in [9.17, 15) is 0 Å². The van der Waals surface area contributed by atoms with Crippen LogP contribution in [0, 0.1) is 0 Å². The molecule has 0 aromatic carbocycles. The second kappa shape index (κ2) is 4.63. The molecule has 4 rings (SSSR count). The van der Waals surface area contributed by atoms with E-state index in [1.165, 1.54) is 35.4 Å². The molecule has 1 N–H and O–H groups in total. The van der Waals surface area contributed by atoms with Crippen LogP contribution < -0.4 is 5.32 Å². The highest BCUT2D eigenvalue weighted by Crippen LogP contribution is 2.42. The van der Waals surface area contributed by atoms with Gasteiger partial charge in [-0.25, -0.2) is 9.97 Å². The lowest BCUT2D eigenvalue weighted by Gasteiger charge is -2.11. The Hall–Kier alpha value is -1.81. The number of hydrogen-bond donors (Lipinski definition) is 1. The van der Waals surface area contributed by atoms with E-state index in [1.807, 2.05) is 18.5 Å². The Morgan fingerprint density at radius 2 is 2.15 bits per heavy atom. The number of aryl methyl sites for hydroxylation is 1. The fourth-order valence-corrected chi connectivity index (χ4v) is 2.94. The van der Waals surface area contributed by atoms with Gasteiger partial charge in [0.15, 0.2) is 5.82 Å². The number of pyridine rings is 1. The molecule has 2 aromatic rings. The van der Waals surface area contributed by atoms with Crippen LogP contribution in [-0.2, 0) is 19.5 Å². The Balaban J connectivity index is 1.88. The van der Waals surface area contributed by atoms with E-state index in [0.29, 0.717) is 5.92 Å². The van der Waals surface area contributed by atoms with E-state index in [2.05, 4.69) is 17.2 Å². The van der Waals surface area contributed by atoms with Crippen molar-refractivity contribution in [2.24, 2.45) is 0 Å². The van der Waals surface area contributed by atoms with Gasteiger partial charge in [0, 0.05) is 42.5 Å². The van der Waals surface area contributed by atoms with Gasteiger partial charge in [-0.15, -0.1) is 0 Å². The summed E-state index contributed by atoms with van der Waals surface area (Å²) < 4.78 is 0. The summed E-state index contributed by atoms with van der Waals surface area (Å²) in [5.74, 6) is 1.55. The standard InChI is InChI=1S/C16H18N4/c1-2-10-7-17-6-5-12(10)16-19-14-9-18-8-13(14)15(20-16)11-3-4-11/h5-7,11,18H,2-4,8-9H2,1H3. The minimum atomic E-state index is 0.664. The Morgan fingerprint density at radius 1 is 1.25 bits per heavy atom. The molecular weight excluding hydrogens is 248 g/mol. The van der Waals surface area contributed by atoms with Crippen molar-refractivity contribution in [1.29, 1.82) is 0 Å². The molecule has 0 unspecified atom stereocenters. The highest BCUT2D eigenvalue weighted by atomic mass is 15.0. The number of fused-ring (bicyclic) bond motifs is 1. The number of nitrogens with one attached hydrogen (secondary N) is 1. The summed E-state index contributed by atoms with van der Waals surface area (Å²) in [5, 5.41) is 3.40. The lowest BCUT2D eigenvalue weighted by atomic mass is 10.1. The molecule has 3 heterocycles. The van der Waals surface area contributed by atoms with Gasteiger partial charge in [0.05, 0.1) is 11.4 Å². The predicted octanol–water partition coefficient (Wildman–Crippen LogP) is 2.58. The highest BCUT2D eigenvalue weighted by Gasteiger charge is 2.31. The normalized spacial score (nSPS) is 17.2. The maximum absolute atomic E-state index is 4.91. The summed E-state index contributed by atoms with van der Waals surface area (Å²) in [5.41, 5.74) is 6.19. The third kappa shape index (κ3) is 1.91. The molecule has 102 valence electrons. The van der Waals surface area contributed by atoms with E-state index in [-0.39, 0.29) is 0 Å². The molecule has 4 heteroatoms. The SMILES string of the molecule is CCc1cnccc1-c1nc2c(c(C3CC3)n1)CNC2. The first-order valence-corrected chi connectivity index (χ1v) is 7.40. The molecule has 4 nitrogen and oxygen atoms in total. The quantitative estimate of drug-likeness (QED) is 0.927. The molecule has 20 heavy (non-hydrogen) atoms. The van der Waals surface area contributed by atoms with Gasteiger partial charge in [-0.05, 0) is 30.9 Å². The highest BCUT2D eigenvalue weighted by molar-refractivity contribution is 5.60. The van der Waals surface area contributed by atoms with Crippen LogP contribution in [-0.4, -0.2) is 15.0 Å². The second-order valence-electron chi connectivity index (χ2n) is 5.62. The predicted molar refractivity (Wildman–Crippen MR) is 77.2 cm³/mol. The van der Waals surface area contributed by atoms with Crippen LogP contribution >= 0.6 is 0 Å². The van der Waals surface area contributed by atoms with Crippen molar-refractivity contribution in [2.45, 2.75) is 45.2 Å². The molecule has 1 aliphatic heterocycles. The molecule has 1 fully saturated rings. The fourth-order valence-electron chi connectivity index (χ4n) is 2.94. The molecule has 0 atom stereocenters. The third-order valence-corrected chi connectivity index (χ3v) is 4.21. The van der Waals surface area contributed by atoms with Crippen molar-refractivity contribution >= 4 is 0 Å². The van der Waals surface area contributed by atoms with Crippen LogP contribution in [0.1, 0.15) is 48.2 Å². The van der Waals surface area contributed by atoms with Crippen molar-refractivity contribution in [3.63, 3.8) is 0 Å². The van der Waals surface area contributed by atoms with Gasteiger partial charge in [0.25, 0.3) is 0 Å². The fraction of sp³-hybridized carbons (Fsp3) is 0.438. The summed E-state index contributed by atoms with van der Waals surface area (Å²) in [7, 11) is 0. The zero-order valence-corrected chi connectivity index (χ0v) is 11.7. The van der Waals surface area contributed by atoms with Crippen molar-refractivity contribution in [3.8, 4) is 11.4 Å². The first kappa shape index (κ1) is 12.0. The molecule has 0 spiro atoms. The number of rotatable bonds is 3. The van der Waals surface area contributed by atoms with E-state index in [0.717, 1.165) is 30.9 Å². The average molecular weight is 266 g/mol. The topological polar surface area (TPSA) is 50.7 Å². The van der Waals surface area contributed by atoms with E-state index < -0.39 is 0 Å². The molecule has 0 saturated heterocycles. The van der Waals surface area contributed by atoms with Crippen LogP contribution in [0.5, 0.6) is 0 Å². The number of nitrogens with zero attached hydrogens (tertiary/aromatic N) is 3. The van der Waals surface area contributed by atoms with Crippen molar-refractivity contribution in [2.75, 3.05) is 0 Å². The molecule has 1 saturated carbocycles. The van der Waals surface area contributed by atoms with Gasteiger partial charge in [0.1, 0.15) is 0 Å². The zero-order chi connectivity index (χ0) is 13.5. The summed E-state index contributed by atoms with van der Waals surface area (Å²) in [6.07, 6.45) is 7.28. The lowest BCUT2D eigenvalue weighted by Crippen LogP contribution is -2.04. The monoisotopic (exact) mass is 266 g/mol. The Kier molecular flexibility index (Phi) is 2.77. The number of aromatic nitrogens is 3. The van der Waals surface area contributed by atoms with Crippen LogP contribution in [0.15, 0.2) is 18.5 Å². The van der Waals surface area contributed by atoms with Gasteiger partial charge in [0.2, 0.25) is 0 Å². The molecule has 0 bridgehead atoms. The van der Waals surface area contributed by atoms with Crippen molar-refractivity contribution < 1.29 is 0 Å². The van der Waals surface area contributed by atoms with Gasteiger partial charge in [-0.2, -0.15) is 0 Å². The molecule has 1 aliphatic carbocycles. The van der Waals surface area contributed by atoms with E-state index in [4.69, 9.17) is 9.97 Å². The summed E-state index contributed by atoms with van der Waals surface area (Å²) in [4.78, 5) is 13.9. The number of hydrogen-bond acceptors (Lipinski definition) is 4. The van der Waals surface area contributed by atoms with Gasteiger partial charge < -0.3 is 5.32 Å². The molecule has 2 aromatic heterocycles. The smallest absolute Gasteiger partial charge is 0.160 e. The second-order valence-corrected chi connectivity index (χ2v) is 5.62. The lowest BCUT2D eigenvalue weighted by molar-refractivity contribution is 0.755. The van der Waals surface area contributed by atoms with Crippen LogP contribution in [0.3, 0.4) is 0 Å². The Bertz CT molecular complexity index is 662. The minimum absolute atomic E-state index is 0.664. The Labute approximate surface area is 118 Å². The van der Waals surface area contributed by atoms with Gasteiger partial charge >= 0.3 is 0 Å². The minimum Gasteiger partial charge on any atom is -0.307 e. The van der Waals surface area contributed by atoms with E-state index in [1.54, 1.807) is 0 Å². The van der Waals surface area contributed by atoms with Crippen molar-refractivity contribution in [1.82, 2.24) is 20.3 Å². The first-order chi connectivity index (χ1) is 9.86. The summed E-state index contributed by atoms with van der Waals surface area (Å²) >= 11 is 0. The van der Waals surface area contributed by atoms with Gasteiger partial charge in [-0.1, -0.05) is 6.92 Å².